The summed E-state index contributed by atoms with van der Waals surface area (Å²) in [5.41, 5.74) is 2.58. The number of carbonyl (C=O) groups excluding carboxylic acids is 1. The molecule has 0 aliphatic heterocycles. The van der Waals surface area contributed by atoms with Crippen molar-refractivity contribution < 1.29 is 13.9 Å². The Bertz CT molecular complexity index is 775. The van der Waals surface area contributed by atoms with Gasteiger partial charge < -0.3 is 10.1 Å². The SMILES string of the molecule is Cc1cc(C(=O)NCc2cccc(OCC(Cl)=CCl)c2F)n(C)n1. The number of halogens is 3. The summed E-state index contributed by atoms with van der Waals surface area (Å²) in [4.78, 5) is 12.1. The molecule has 0 aliphatic carbocycles. The molecule has 2 rings (SSSR count). The zero-order chi connectivity index (χ0) is 17.7. The normalized spacial score (nSPS) is 11.5. The summed E-state index contributed by atoms with van der Waals surface area (Å²) in [6.07, 6.45) is 0. The standard InChI is InChI=1S/C16H16Cl2FN3O2/c1-10-6-13(22(2)21-10)16(23)20-8-11-4-3-5-14(15(11)19)24-9-12(18)7-17/h3-7H,8-9H2,1-2H3,(H,20,23). The van der Waals surface area contributed by atoms with Crippen LogP contribution in [0.5, 0.6) is 5.75 Å². The quantitative estimate of drug-likeness (QED) is 0.845. The van der Waals surface area contributed by atoms with Crippen molar-refractivity contribution in [2.45, 2.75) is 13.5 Å². The topological polar surface area (TPSA) is 56.1 Å². The van der Waals surface area contributed by atoms with E-state index in [0.29, 0.717) is 11.3 Å². The lowest BCUT2D eigenvalue weighted by Gasteiger charge is -2.10. The first kappa shape index (κ1) is 18.3. The average molecular weight is 372 g/mol. The highest BCUT2D eigenvalue weighted by Gasteiger charge is 2.14. The zero-order valence-electron chi connectivity index (χ0n) is 13.1. The molecule has 0 fully saturated rings. The van der Waals surface area contributed by atoms with Crippen molar-refractivity contribution in [3.63, 3.8) is 0 Å². The summed E-state index contributed by atoms with van der Waals surface area (Å²) in [6, 6.07) is 6.33. The number of hydrogen-bond acceptors (Lipinski definition) is 3. The lowest BCUT2D eigenvalue weighted by molar-refractivity contribution is 0.0941. The van der Waals surface area contributed by atoms with Gasteiger partial charge in [-0.3, -0.25) is 9.48 Å². The maximum atomic E-state index is 14.4. The minimum Gasteiger partial charge on any atom is -0.485 e. The molecular weight excluding hydrogens is 356 g/mol. The summed E-state index contributed by atoms with van der Waals surface area (Å²) < 4.78 is 21.1. The minimum absolute atomic E-state index is 0.0190. The summed E-state index contributed by atoms with van der Waals surface area (Å²) in [5.74, 6) is -0.857. The number of aryl methyl sites for hydroxylation is 2. The molecule has 0 unspecified atom stereocenters. The van der Waals surface area contributed by atoms with Crippen LogP contribution in [0, 0.1) is 12.7 Å². The number of rotatable bonds is 6. The van der Waals surface area contributed by atoms with Gasteiger partial charge in [0.05, 0.1) is 10.7 Å². The lowest BCUT2D eigenvalue weighted by Crippen LogP contribution is -2.25. The number of amides is 1. The molecule has 1 heterocycles. The second-order valence-corrected chi connectivity index (χ2v) is 5.75. The van der Waals surface area contributed by atoms with Crippen molar-refractivity contribution in [3.05, 3.63) is 57.6 Å². The molecule has 0 radical (unpaired) electrons. The van der Waals surface area contributed by atoms with Crippen LogP contribution in [0.2, 0.25) is 0 Å². The van der Waals surface area contributed by atoms with Gasteiger partial charge in [0.25, 0.3) is 5.91 Å². The van der Waals surface area contributed by atoms with Gasteiger partial charge >= 0.3 is 0 Å². The van der Waals surface area contributed by atoms with E-state index < -0.39 is 5.82 Å². The van der Waals surface area contributed by atoms with Crippen LogP contribution in [-0.4, -0.2) is 22.3 Å². The Kier molecular flexibility index (Phi) is 6.23. The number of carbonyl (C=O) groups is 1. The van der Waals surface area contributed by atoms with Crippen LogP contribution < -0.4 is 10.1 Å². The molecule has 1 amide bonds. The van der Waals surface area contributed by atoms with E-state index in [2.05, 4.69) is 10.4 Å². The van der Waals surface area contributed by atoms with Gasteiger partial charge in [0.2, 0.25) is 0 Å². The third-order valence-electron chi connectivity index (χ3n) is 3.20. The second-order valence-electron chi connectivity index (χ2n) is 5.05. The van der Waals surface area contributed by atoms with E-state index in [1.807, 2.05) is 0 Å². The van der Waals surface area contributed by atoms with E-state index in [9.17, 15) is 9.18 Å². The Morgan fingerprint density at radius 2 is 2.25 bits per heavy atom. The molecule has 0 bridgehead atoms. The van der Waals surface area contributed by atoms with Gasteiger partial charge in [-0.05, 0) is 19.1 Å². The Morgan fingerprint density at radius 1 is 1.50 bits per heavy atom. The molecule has 8 heteroatoms. The van der Waals surface area contributed by atoms with Crippen LogP contribution in [0.25, 0.3) is 0 Å². The second kappa shape index (κ2) is 8.17. The lowest BCUT2D eigenvalue weighted by atomic mass is 10.2. The summed E-state index contributed by atoms with van der Waals surface area (Å²) in [7, 11) is 1.67. The molecule has 0 saturated heterocycles. The highest BCUT2D eigenvalue weighted by Crippen LogP contribution is 2.21. The molecule has 1 N–H and O–H groups in total. The largest absolute Gasteiger partial charge is 0.485 e. The highest BCUT2D eigenvalue weighted by atomic mass is 35.5. The van der Waals surface area contributed by atoms with E-state index in [0.717, 1.165) is 11.2 Å². The maximum absolute atomic E-state index is 14.4. The third-order valence-corrected chi connectivity index (χ3v) is 3.79. The van der Waals surface area contributed by atoms with Gasteiger partial charge in [-0.25, -0.2) is 4.39 Å². The van der Waals surface area contributed by atoms with Crippen LogP contribution in [-0.2, 0) is 13.6 Å². The zero-order valence-corrected chi connectivity index (χ0v) is 14.7. The van der Waals surface area contributed by atoms with Crippen molar-refractivity contribution in [1.82, 2.24) is 15.1 Å². The molecular formula is C16H16Cl2FN3O2. The van der Waals surface area contributed by atoms with Crippen LogP contribution in [0.3, 0.4) is 0 Å². The van der Waals surface area contributed by atoms with E-state index in [-0.39, 0.29) is 29.8 Å². The first-order valence-corrected chi connectivity index (χ1v) is 7.87. The number of benzene rings is 1. The predicted molar refractivity (Wildman–Crippen MR) is 90.8 cm³/mol. The Balaban J connectivity index is 2.05. The summed E-state index contributed by atoms with van der Waals surface area (Å²) in [6.45, 7) is 1.77. The number of aromatic nitrogens is 2. The van der Waals surface area contributed by atoms with Crippen molar-refractivity contribution in [2.75, 3.05) is 6.61 Å². The number of ether oxygens (including phenoxy) is 1. The van der Waals surface area contributed by atoms with Crippen LogP contribution in [0.4, 0.5) is 4.39 Å². The summed E-state index contributed by atoms with van der Waals surface area (Å²) >= 11 is 11.1. The fourth-order valence-electron chi connectivity index (χ4n) is 2.07. The van der Waals surface area contributed by atoms with E-state index in [4.69, 9.17) is 27.9 Å². The molecule has 1 aromatic carbocycles. The van der Waals surface area contributed by atoms with E-state index >= 15 is 0 Å². The van der Waals surface area contributed by atoms with Gasteiger partial charge in [-0.2, -0.15) is 5.10 Å². The summed E-state index contributed by atoms with van der Waals surface area (Å²) in [5, 5.41) is 7.01. The number of nitrogens with one attached hydrogen (secondary N) is 1. The van der Waals surface area contributed by atoms with Crippen LogP contribution >= 0.6 is 23.2 Å². The Hall–Kier alpha value is -2.05. The molecule has 0 atom stereocenters. The first-order valence-electron chi connectivity index (χ1n) is 7.06. The third kappa shape index (κ3) is 4.49. The predicted octanol–water partition coefficient (Wildman–Crippen LogP) is 3.50. The molecule has 5 nitrogen and oxygen atoms in total. The molecule has 0 spiro atoms. The molecule has 0 aliphatic rings. The van der Waals surface area contributed by atoms with Crippen LogP contribution in [0.1, 0.15) is 21.7 Å². The van der Waals surface area contributed by atoms with Crippen molar-refractivity contribution in [2.24, 2.45) is 7.05 Å². The van der Waals surface area contributed by atoms with Gasteiger partial charge in [-0.15, -0.1) is 0 Å². The molecule has 24 heavy (non-hydrogen) atoms. The van der Waals surface area contributed by atoms with Gasteiger partial charge in [0.15, 0.2) is 11.6 Å². The highest BCUT2D eigenvalue weighted by molar-refractivity contribution is 6.36. The van der Waals surface area contributed by atoms with Gasteiger partial charge in [0.1, 0.15) is 12.3 Å². The number of hydrogen-bond donors (Lipinski definition) is 1. The van der Waals surface area contributed by atoms with E-state index in [1.54, 1.807) is 32.2 Å². The monoisotopic (exact) mass is 371 g/mol. The van der Waals surface area contributed by atoms with Crippen LogP contribution in [0.15, 0.2) is 34.8 Å². The maximum Gasteiger partial charge on any atom is 0.269 e. The fraction of sp³-hybridized carbons (Fsp3) is 0.250. The fourth-order valence-corrected chi connectivity index (χ4v) is 2.19. The molecule has 2 aromatic rings. The minimum atomic E-state index is -0.557. The average Bonchev–Trinajstić information content (AvgIpc) is 2.90. The Morgan fingerprint density at radius 3 is 2.88 bits per heavy atom. The molecule has 1 aromatic heterocycles. The smallest absolute Gasteiger partial charge is 0.269 e. The van der Waals surface area contributed by atoms with Crippen molar-refractivity contribution in [1.29, 1.82) is 0 Å². The van der Waals surface area contributed by atoms with Crippen molar-refractivity contribution >= 4 is 29.1 Å². The van der Waals surface area contributed by atoms with E-state index in [1.165, 1.54) is 10.7 Å². The van der Waals surface area contributed by atoms with Gasteiger partial charge in [0, 0.05) is 24.7 Å². The van der Waals surface area contributed by atoms with Gasteiger partial charge in [-0.1, -0.05) is 35.3 Å². The first-order chi connectivity index (χ1) is 11.4. The van der Waals surface area contributed by atoms with Crippen molar-refractivity contribution in [3.8, 4) is 5.75 Å². The Labute approximate surface area is 149 Å². The molecule has 0 saturated carbocycles. The molecule has 128 valence electrons. The number of nitrogens with zero attached hydrogens (tertiary/aromatic N) is 2.